The molecule has 0 spiro atoms. The summed E-state index contributed by atoms with van der Waals surface area (Å²) in [6, 6.07) is 40.7. The first kappa shape index (κ1) is 29.8. The Labute approximate surface area is 298 Å². The lowest BCUT2D eigenvalue weighted by molar-refractivity contribution is 0.271. The van der Waals surface area contributed by atoms with E-state index in [4.69, 9.17) is 14.7 Å². The van der Waals surface area contributed by atoms with Gasteiger partial charge in [0.25, 0.3) is 0 Å². The van der Waals surface area contributed by atoms with Crippen molar-refractivity contribution in [3.05, 3.63) is 191 Å². The normalized spacial score (nSPS) is 19.9. The number of aryl methyl sites for hydroxylation is 1. The van der Waals surface area contributed by atoms with Crippen LogP contribution in [0.3, 0.4) is 0 Å². The second-order valence-corrected chi connectivity index (χ2v) is 13.9. The Morgan fingerprint density at radius 1 is 0.647 bits per heavy atom. The highest BCUT2D eigenvalue weighted by atomic mass is 16.5. The number of ether oxygens (including phenoxy) is 1. The van der Waals surface area contributed by atoms with E-state index in [1.165, 1.54) is 33.4 Å². The van der Waals surface area contributed by atoms with E-state index in [9.17, 15) is 0 Å². The Bertz CT molecular complexity index is 2430. The molecule has 0 radical (unpaired) electrons. The minimum atomic E-state index is -0.0444. The van der Waals surface area contributed by atoms with E-state index in [1.54, 1.807) is 0 Å². The van der Waals surface area contributed by atoms with Crippen LogP contribution in [0.5, 0.6) is 5.75 Å². The lowest BCUT2D eigenvalue weighted by atomic mass is 9.82. The van der Waals surface area contributed by atoms with Gasteiger partial charge in [0.15, 0.2) is 5.82 Å². The van der Waals surface area contributed by atoms with Gasteiger partial charge < -0.3 is 4.74 Å². The third-order valence-corrected chi connectivity index (χ3v) is 10.8. The van der Waals surface area contributed by atoms with Crippen LogP contribution in [-0.4, -0.2) is 16.1 Å². The van der Waals surface area contributed by atoms with E-state index >= 15 is 0 Å². The predicted octanol–water partition coefficient (Wildman–Crippen LogP) is 11.6. The van der Waals surface area contributed by atoms with Crippen LogP contribution in [0.2, 0.25) is 0 Å². The van der Waals surface area contributed by atoms with Gasteiger partial charge in [0.2, 0.25) is 0 Å². The van der Waals surface area contributed by atoms with Gasteiger partial charge in [-0.05, 0) is 70.7 Å². The Balaban J connectivity index is 1.03. The molecule has 244 valence electrons. The number of hydrogen-bond donors (Lipinski definition) is 0. The Morgan fingerprint density at radius 3 is 2.24 bits per heavy atom. The van der Waals surface area contributed by atoms with Crippen molar-refractivity contribution >= 4 is 16.8 Å². The van der Waals surface area contributed by atoms with Gasteiger partial charge in [0.1, 0.15) is 11.9 Å². The number of fused-ring (bicyclic) bond motifs is 6. The molecule has 51 heavy (non-hydrogen) atoms. The number of aromatic nitrogens is 2. The van der Waals surface area contributed by atoms with Crippen LogP contribution in [0.15, 0.2) is 169 Å². The van der Waals surface area contributed by atoms with Gasteiger partial charge in [-0.1, -0.05) is 146 Å². The Hall–Kier alpha value is -6.06. The molecule has 0 fully saturated rings. The molecule has 4 aliphatic rings. The predicted molar refractivity (Wildman–Crippen MR) is 209 cm³/mol. The van der Waals surface area contributed by atoms with E-state index in [2.05, 4.69) is 140 Å². The van der Waals surface area contributed by atoms with Crippen LogP contribution < -0.4 is 4.74 Å². The third-order valence-electron chi connectivity index (χ3n) is 10.8. The molecule has 3 heteroatoms. The maximum atomic E-state index is 6.75. The fraction of sp³-hybridized carbons (Fsp3) is 0.125. The first-order valence-corrected chi connectivity index (χ1v) is 18.1. The summed E-state index contributed by atoms with van der Waals surface area (Å²) in [5, 5.41) is 2.24. The summed E-state index contributed by atoms with van der Waals surface area (Å²) in [6.07, 6.45) is 21.9. The molecule has 3 aliphatic carbocycles. The summed E-state index contributed by atoms with van der Waals surface area (Å²) in [5.74, 6) is 2.19. The summed E-state index contributed by atoms with van der Waals surface area (Å²) < 4.78 is 6.75. The fourth-order valence-electron chi connectivity index (χ4n) is 8.15. The van der Waals surface area contributed by atoms with Crippen LogP contribution in [0.4, 0.5) is 0 Å². The molecule has 1 aliphatic heterocycles. The molecule has 1 aromatic heterocycles. The smallest absolute Gasteiger partial charge is 0.160 e. The molecule has 3 nitrogen and oxygen atoms in total. The zero-order chi connectivity index (χ0) is 33.7. The number of hydrogen-bond acceptors (Lipinski definition) is 3. The highest BCUT2D eigenvalue weighted by Crippen LogP contribution is 2.49. The Morgan fingerprint density at radius 2 is 1.41 bits per heavy atom. The van der Waals surface area contributed by atoms with Crippen LogP contribution in [0.1, 0.15) is 46.9 Å². The molecule has 0 bridgehead atoms. The molecule has 5 aromatic carbocycles. The van der Waals surface area contributed by atoms with Gasteiger partial charge in [-0.25, -0.2) is 9.97 Å². The summed E-state index contributed by atoms with van der Waals surface area (Å²) in [5.41, 5.74) is 12.9. The van der Waals surface area contributed by atoms with Crippen molar-refractivity contribution in [1.29, 1.82) is 0 Å². The maximum absolute atomic E-state index is 6.75. The molecule has 2 heterocycles. The molecule has 0 saturated heterocycles. The van der Waals surface area contributed by atoms with Crippen molar-refractivity contribution in [2.24, 2.45) is 0 Å². The van der Waals surface area contributed by atoms with Gasteiger partial charge in [-0.3, -0.25) is 0 Å². The molecular formula is C48H36N2O. The summed E-state index contributed by atoms with van der Waals surface area (Å²) in [4.78, 5) is 10.3. The van der Waals surface area contributed by atoms with Crippen molar-refractivity contribution < 1.29 is 4.74 Å². The van der Waals surface area contributed by atoms with Crippen molar-refractivity contribution in [3.8, 4) is 39.7 Å². The molecular weight excluding hydrogens is 621 g/mol. The molecule has 3 atom stereocenters. The number of nitrogens with zero attached hydrogens (tertiary/aromatic N) is 2. The maximum Gasteiger partial charge on any atom is 0.160 e. The van der Waals surface area contributed by atoms with Crippen molar-refractivity contribution in [1.82, 2.24) is 9.97 Å². The Kier molecular flexibility index (Phi) is 7.23. The monoisotopic (exact) mass is 656 g/mol. The standard InChI is InChI=1S/C48H36N2O/c1-3-12-34(13-4-1)44-30-45(50-48(49-44)35-14-5-2-6-15-35)41-29-43-42-28-38(25-26-46(42)51-47(43)40-18-10-9-17-39(40)41)33-21-19-32(20-22-33)37-24-23-31-11-7-8-16-36(31)27-37/h1-6,8-10,12-19,21-30,32,42,46H,7,11,20H2. The van der Waals surface area contributed by atoms with E-state index in [0.29, 0.717) is 5.92 Å². The molecule has 0 amide bonds. The second-order valence-electron chi connectivity index (χ2n) is 13.9. The van der Waals surface area contributed by atoms with Crippen LogP contribution in [0, 0.1) is 0 Å². The SMILES string of the molecule is C1=Cc2cc(C3C=CC(C4=CC5c6cc(-c7cc(-c8ccccc8)nc(-c8ccccc8)n7)c7ccccc7c6OC5C=C4)=CC3)ccc2CC1. The number of benzene rings is 5. The average Bonchev–Trinajstić information content (AvgIpc) is 3.59. The molecule has 0 saturated carbocycles. The van der Waals surface area contributed by atoms with Crippen molar-refractivity contribution in [2.45, 2.75) is 37.2 Å². The van der Waals surface area contributed by atoms with E-state index in [-0.39, 0.29) is 12.0 Å². The van der Waals surface area contributed by atoms with Crippen molar-refractivity contribution in [2.75, 3.05) is 0 Å². The third kappa shape index (κ3) is 5.37. The lowest BCUT2D eigenvalue weighted by Gasteiger charge is -2.22. The van der Waals surface area contributed by atoms with Gasteiger partial charge in [0.05, 0.1) is 11.4 Å². The number of rotatable bonds is 5. The molecule has 10 rings (SSSR count). The summed E-state index contributed by atoms with van der Waals surface area (Å²) in [7, 11) is 0. The van der Waals surface area contributed by atoms with Gasteiger partial charge in [-0.2, -0.15) is 0 Å². The van der Waals surface area contributed by atoms with Crippen LogP contribution in [-0.2, 0) is 6.42 Å². The quantitative estimate of drug-likeness (QED) is 0.185. The van der Waals surface area contributed by atoms with Crippen molar-refractivity contribution in [3.63, 3.8) is 0 Å². The van der Waals surface area contributed by atoms with Crippen LogP contribution >= 0.6 is 0 Å². The van der Waals surface area contributed by atoms with Gasteiger partial charge in [0, 0.05) is 39.5 Å². The zero-order valence-electron chi connectivity index (χ0n) is 28.2. The van der Waals surface area contributed by atoms with Crippen LogP contribution in [0.25, 0.3) is 50.8 Å². The zero-order valence-corrected chi connectivity index (χ0v) is 28.2. The second kappa shape index (κ2) is 12.4. The van der Waals surface area contributed by atoms with Gasteiger partial charge >= 0.3 is 0 Å². The molecule has 0 N–H and O–H groups in total. The topological polar surface area (TPSA) is 35.0 Å². The minimum absolute atomic E-state index is 0.0444. The first-order valence-electron chi connectivity index (χ1n) is 18.1. The average molecular weight is 657 g/mol. The van der Waals surface area contributed by atoms with Gasteiger partial charge in [-0.15, -0.1) is 0 Å². The fourth-order valence-corrected chi connectivity index (χ4v) is 8.15. The molecule has 3 unspecified atom stereocenters. The van der Waals surface area contributed by atoms with E-state index < -0.39 is 0 Å². The lowest BCUT2D eigenvalue weighted by Crippen LogP contribution is -2.17. The number of allylic oxidation sites excluding steroid dienone is 7. The summed E-state index contributed by atoms with van der Waals surface area (Å²) in [6.45, 7) is 0. The van der Waals surface area contributed by atoms with E-state index in [1.807, 2.05) is 24.3 Å². The largest absolute Gasteiger partial charge is 0.484 e. The van der Waals surface area contributed by atoms with E-state index in [0.717, 1.165) is 69.7 Å². The summed E-state index contributed by atoms with van der Waals surface area (Å²) >= 11 is 0. The minimum Gasteiger partial charge on any atom is -0.484 e. The molecule has 6 aromatic rings. The highest BCUT2D eigenvalue weighted by molar-refractivity contribution is 6.01. The highest BCUT2D eigenvalue weighted by Gasteiger charge is 2.36. The first-order chi connectivity index (χ1) is 25.2.